The van der Waals surface area contributed by atoms with Gasteiger partial charge in [0, 0.05) is 38.6 Å². The highest BCUT2D eigenvalue weighted by atomic mass is 35.5. The second-order valence-corrected chi connectivity index (χ2v) is 8.16. The molecule has 0 saturated heterocycles. The van der Waals surface area contributed by atoms with Gasteiger partial charge in [0.25, 0.3) is 0 Å². The fraction of sp³-hybridized carbons (Fsp3) is 0.412. The molecular weight excluding hydrogens is 406 g/mol. The Bertz CT molecular complexity index is 914. The van der Waals surface area contributed by atoms with Crippen molar-refractivity contribution in [1.82, 2.24) is 19.4 Å². The molecule has 28 heavy (non-hydrogen) atoms. The van der Waals surface area contributed by atoms with Crippen LogP contribution in [0, 0.1) is 0 Å². The molecule has 156 valence electrons. The Morgan fingerprint density at radius 1 is 1.36 bits per heavy atom. The predicted molar refractivity (Wildman–Crippen MR) is 109 cm³/mol. The summed E-state index contributed by atoms with van der Waals surface area (Å²) < 4.78 is 33.3. The summed E-state index contributed by atoms with van der Waals surface area (Å²) in [6.07, 6.45) is 3.34. The summed E-state index contributed by atoms with van der Waals surface area (Å²) in [5.74, 6) is -0.0931. The van der Waals surface area contributed by atoms with Gasteiger partial charge >= 0.3 is 0 Å². The van der Waals surface area contributed by atoms with Crippen LogP contribution in [0.3, 0.4) is 0 Å². The highest BCUT2D eigenvalue weighted by Gasteiger charge is 2.25. The van der Waals surface area contributed by atoms with Crippen LogP contribution in [0.1, 0.15) is 18.5 Å². The molecule has 9 nitrogen and oxygen atoms in total. The smallest absolute Gasteiger partial charge is 0.246 e. The van der Waals surface area contributed by atoms with E-state index in [1.54, 1.807) is 44.2 Å². The van der Waals surface area contributed by atoms with Gasteiger partial charge in [-0.25, -0.2) is 12.7 Å². The number of aryl methyl sites for hydroxylation is 1. The Kier molecular flexibility index (Phi) is 8.43. The summed E-state index contributed by atoms with van der Waals surface area (Å²) in [7, 11) is 2.57. The average Bonchev–Trinajstić information content (AvgIpc) is 3.03. The van der Waals surface area contributed by atoms with Crippen molar-refractivity contribution in [2.75, 3.05) is 33.1 Å². The zero-order valence-electron chi connectivity index (χ0n) is 16.5. The molecule has 1 amide bonds. The van der Waals surface area contributed by atoms with Gasteiger partial charge in [0.15, 0.2) is 0 Å². The van der Waals surface area contributed by atoms with Gasteiger partial charge in [-0.05, 0) is 32.2 Å². The van der Waals surface area contributed by atoms with Crippen molar-refractivity contribution in [1.29, 1.82) is 0 Å². The molecule has 2 aromatic rings. The third-order valence-electron chi connectivity index (χ3n) is 3.88. The number of amides is 1. The second kappa shape index (κ2) is 9.87. The monoisotopic (exact) mass is 431 g/mol. The molecule has 0 aliphatic heterocycles. The quantitative estimate of drug-likeness (QED) is 0.654. The van der Waals surface area contributed by atoms with E-state index in [-0.39, 0.29) is 29.0 Å². The van der Waals surface area contributed by atoms with E-state index < -0.39 is 16.1 Å². The van der Waals surface area contributed by atoms with Crippen molar-refractivity contribution in [2.45, 2.75) is 17.9 Å². The molecule has 0 spiro atoms. The number of ether oxygens (including phenoxy) is 1. The van der Waals surface area contributed by atoms with Gasteiger partial charge in [0.1, 0.15) is 16.7 Å². The SMILES string of the molecule is CCOc1ccc(NC(=O)C(NC)c2cnn(C)c2)cc1S(=O)(=O)N(C)C.Cl. The fourth-order valence-corrected chi connectivity index (χ4v) is 3.56. The van der Waals surface area contributed by atoms with Crippen molar-refractivity contribution in [3.8, 4) is 5.75 Å². The van der Waals surface area contributed by atoms with Crippen LogP contribution in [-0.4, -0.2) is 56.2 Å². The first-order valence-corrected chi connectivity index (χ1v) is 9.80. The number of nitrogens with zero attached hydrogens (tertiary/aromatic N) is 3. The highest BCUT2D eigenvalue weighted by Crippen LogP contribution is 2.29. The molecule has 0 aliphatic rings. The Labute approximate surface area is 171 Å². The number of hydrogen-bond acceptors (Lipinski definition) is 6. The first-order valence-electron chi connectivity index (χ1n) is 8.36. The number of sulfonamides is 1. The molecule has 0 fully saturated rings. The minimum absolute atomic E-state index is 0. The lowest BCUT2D eigenvalue weighted by atomic mass is 10.1. The van der Waals surface area contributed by atoms with Gasteiger partial charge in [-0.1, -0.05) is 0 Å². The summed E-state index contributed by atoms with van der Waals surface area (Å²) in [4.78, 5) is 12.7. The van der Waals surface area contributed by atoms with Crippen molar-refractivity contribution in [3.05, 3.63) is 36.2 Å². The zero-order valence-corrected chi connectivity index (χ0v) is 18.1. The summed E-state index contributed by atoms with van der Waals surface area (Å²) in [6.45, 7) is 2.09. The summed E-state index contributed by atoms with van der Waals surface area (Å²) in [6, 6.07) is 3.91. The number of carbonyl (C=O) groups excluding carboxylic acids is 1. The largest absolute Gasteiger partial charge is 0.492 e. The van der Waals surface area contributed by atoms with Gasteiger partial charge in [0.2, 0.25) is 15.9 Å². The first kappa shape index (κ1) is 23.9. The van der Waals surface area contributed by atoms with Crippen LogP contribution < -0.4 is 15.4 Å². The van der Waals surface area contributed by atoms with E-state index in [1.807, 2.05) is 0 Å². The van der Waals surface area contributed by atoms with Crippen LogP contribution in [0.25, 0.3) is 0 Å². The molecule has 2 rings (SSSR count). The van der Waals surface area contributed by atoms with E-state index in [9.17, 15) is 13.2 Å². The van der Waals surface area contributed by atoms with E-state index in [0.29, 0.717) is 17.9 Å². The molecule has 1 heterocycles. The lowest BCUT2D eigenvalue weighted by Crippen LogP contribution is -2.30. The Morgan fingerprint density at radius 2 is 2.04 bits per heavy atom. The van der Waals surface area contributed by atoms with E-state index in [4.69, 9.17) is 4.74 Å². The molecule has 1 unspecified atom stereocenters. The Balaban J connectivity index is 0.00000392. The van der Waals surface area contributed by atoms with Crippen molar-refractivity contribution in [3.63, 3.8) is 0 Å². The normalized spacial score (nSPS) is 12.4. The fourth-order valence-electron chi connectivity index (χ4n) is 2.51. The van der Waals surface area contributed by atoms with E-state index in [0.717, 1.165) is 4.31 Å². The van der Waals surface area contributed by atoms with E-state index >= 15 is 0 Å². The lowest BCUT2D eigenvalue weighted by molar-refractivity contribution is -0.118. The Morgan fingerprint density at radius 3 is 2.54 bits per heavy atom. The molecule has 0 aliphatic carbocycles. The predicted octanol–water partition coefficient (Wildman–Crippen LogP) is 1.39. The van der Waals surface area contributed by atoms with Crippen LogP contribution in [-0.2, 0) is 21.9 Å². The number of aromatic nitrogens is 2. The molecule has 0 radical (unpaired) electrons. The number of rotatable bonds is 8. The molecule has 2 N–H and O–H groups in total. The van der Waals surface area contributed by atoms with Crippen molar-refractivity contribution >= 4 is 34.0 Å². The molecule has 1 aromatic carbocycles. The number of likely N-dealkylation sites (N-methyl/N-ethyl adjacent to an activating group) is 1. The number of halogens is 1. The van der Waals surface area contributed by atoms with Crippen molar-refractivity contribution < 1.29 is 17.9 Å². The molecule has 1 atom stereocenters. The highest BCUT2D eigenvalue weighted by molar-refractivity contribution is 7.89. The summed E-state index contributed by atoms with van der Waals surface area (Å²) in [5.41, 5.74) is 1.05. The lowest BCUT2D eigenvalue weighted by Gasteiger charge is -2.18. The van der Waals surface area contributed by atoms with Crippen LogP contribution in [0.4, 0.5) is 5.69 Å². The van der Waals surface area contributed by atoms with Crippen LogP contribution >= 0.6 is 12.4 Å². The summed E-state index contributed by atoms with van der Waals surface area (Å²) in [5, 5.41) is 9.74. The van der Waals surface area contributed by atoms with Gasteiger partial charge < -0.3 is 15.4 Å². The number of nitrogens with one attached hydrogen (secondary N) is 2. The average molecular weight is 432 g/mol. The van der Waals surface area contributed by atoms with Crippen LogP contribution in [0.5, 0.6) is 5.75 Å². The van der Waals surface area contributed by atoms with Gasteiger partial charge in [-0.3, -0.25) is 9.48 Å². The molecule has 11 heteroatoms. The zero-order chi connectivity index (χ0) is 20.2. The maximum Gasteiger partial charge on any atom is 0.246 e. The number of anilines is 1. The van der Waals surface area contributed by atoms with Crippen molar-refractivity contribution in [2.24, 2.45) is 7.05 Å². The molecule has 1 aromatic heterocycles. The number of carbonyl (C=O) groups is 1. The first-order chi connectivity index (χ1) is 12.7. The minimum Gasteiger partial charge on any atom is -0.492 e. The van der Waals surface area contributed by atoms with Gasteiger partial charge in [-0.15, -0.1) is 12.4 Å². The number of hydrogen-bond donors (Lipinski definition) is 2. The molecule has 0 bridgehead atoms. The maximum absolute atomic E-state index is 12.7. The minimum atomic E-state index is -3.73. The van der Waals surface area contributed by atoms with Gasteiger partial charge in [-0.2, -0.15) is 5.10 Å². The molecular formula is C17H26ClN5O4S. The third-order valence-corrected chi connectivity index (χ3v) is 5.72. The van der Waals surface area contributed by atoms with Crippen LogP contribution in [0.15, 0.2) is 35.5 Å². The second-order valence-electron chi connectivity index (χ2n) is 6.04. The van der Waals surface area contributed by atoms with E-state index in [2.05, 4.69) is 15.7 Å². The topological polar surface area (TPSA) is 106 Å². The maximum atomic E-state index is 12.7. The number of benzene rings is 1. The van der Waals surface area contributed by atoms with Gasteiger partial charge in [0.05, 0.1) is 12.8 Å². The standard InChI is InChI=1S/C17H25N5O4S.ClH/c1-6-26-14-8-7-13(9-15(14)27(24,25)21(3)4)20-17(23)16(18-2)12-10-19-22(5)11-12;/h7-11,16,18H,6H2,1-5H3,(H,20,23);1H. The third kappa shape index (κ3) is 5.22. The Hall–Kier alpha value is -2.14. The summed E-state index contributed by atoms with van der Waals surface area (Å²) >= 11 is 0. The van der Waals surface area contributed by atoms with Crippen LogP contribution in [0.2, 0.25) is 0 Å². The molecule has 0 saturated carbocycles. The van der Waals surface area contributed by atoms with E-state index in [1.165, 1.54) is 26.2 Å².